The molecule has 0 aromatic carbocycles. The molecule has 6 nitrogen and oxygen atoms in total. The van der Waals surface area contributed by atoms with E-state index in [0.29, 0.717) is 38.8 Å². The third kappa shape index (κ3) is 3.45. The molecule has 0 radical (unpaired) electrons. The molecule has 0 saturated carbocycles. The lowest BCUT2D eigenvalue weighted by atomic mass is 10.1. The van der Waals surface area contributed by atoms with E-state index in [0.717, 1.165) is 13.1 Å². The molecule has 0 aromatic heterocycles. The van der Waals surface area contributed by atoms with Crippen molar-refractivity contribution < 1.29 is 14.3 Å². The zero-order valence-electron chi connectivity index (χ0n) is 11.7. The minimum Gasteiger partial charge on any atom is -0.379 e. The Morgan fingerprint density at radius 2 is 2.16 bits per heavy atom. The van der Waals surface area contributed by atoms with E-state index in [1.165, 1.54) is 0 Å². The highest BCUT2D eigenvalue weighted by Crippen LogP contribution is 2.13. The van der Waals surface area contributed by atoms with Gasteiger partial charge in [-0.3, -0.25) is 9.59 Å². The molecule has 2 rings (SSSR count). The lowest BCUT2D eigenvalue weighted by Gasteiger charge is -2.43. The number of rotatable bonds is 5. The van der Waals surface area contributed by atoms with Gasteiger partial charge < -0.3 is 19.9 Å². The molecule has 0 bridgehead atoms. The first-order valence-electron chi connectivity index (χ1n) is 6.98. The highest BCUT2D eigenvalue weighted by Gasteiger charge is 2.39. The van der Waals surface area contributed by atoms with Gasteiger partial charge in [0, 0.05) is 39.3 Å². The summed E-state index contributed by atoms with van der Waals surface area (Å²) in [6.45, 7) is 8.64. The zero-order valence-corrected chi connectivity index (χ0v) is 11.7. The number of amides is 2. The van der Waals surface area contributed by atoms with Crippen LogP contribution in [-0.4, -0.2) is 73.6 Å². The Labute approximate surface area is 114 Å². The first-order chi connectivity index (χ1) is 9.09. The topological polar surface area (TPSA) is 61.9 Å². The van der Waals surface area contributed by atoms with Crippen molar-refractivity contribution in [2.45, 2.75) is 19.9 Å². The van der Waals surface area contributed by atoms with Crippen LogP contribution in [0, 0.1) is 5.92 Å². The standard InChI is InChI=1S/C13H23N3O3/c1-10(2)9-19-6-5-15-8-11-7-14-3-4-16(11)13(18)12(15)17/h10-11,14H,3-9H2,1-2H3. The fourth-order valence-corrected chi connectivity index (χ4v) is 2.47. The minimum absolute atomic E-state index is 0.115. The summed E-state index contributed by atoms with van der Waals surface area (Å²) < 4.78 is 5.48. The van der Waals surface area contributed by atoms with Crippen LogP contribution in [0.4, 0.5) is 0 Å². The van der Waals surface area contributed by atoms with Crippen LogP contribution in [0.5, 0.6) is 0 Å². The molecule has 2 fully saturated rings. The Kier molecular flexibility index (Phi) is 4.76. The number of piperazine rings is 2. The monoisotopic (exact) mass is 269 g/mol. The fourth-order valence-electron chi connectivity index (χ4n) is 2.47. The summed E-state index contributed by atoms with van der Waals surface area (Å²) in [6, 6.07) is 0.115. The Bertz CT molecular complexity index is 346. The first-order valence-corrected chi connectivity index (χ1v) is 6.98. The average molecular weight is 269 g/mol. The molecule has 2 heterocycles. The van der Waals surface area contributed by atoms with E-state index in [9.17, 15) is 9.59 Å². The largest absolute Gasteiger partial charge is 0.379 e. The molecule has 19 heavy (non-hydrogen) atoms. The van der Waals surface area contributed by atoms with Gasteiger partial charge >= 0.3 is 11.8 Å². The second-order valence-corrected chi connectivity index (χ2v) is 5.58. The maximum Gasteiger partial charge on any atom is 0.312 e. The molecular weight excluding hydrogens is 246 g/mol. The number of nitrogens with zero attached hydrogens (tertiary/aromatic N) is 2. The SMILES string of the molecule is CC(C)COCCN1CC2CNCCN2C(=O)C1=O. The summed E-state index contributed by atoms with van der Waals surface area (Å²) in [5, 5.41) is 3.26. The molecule has 1 N–H and O–H groups in total. The predicted octanol–water partition coefficient (Wildman–Crippen LogP) is -0.698. The summed E-state index contributed by atoms with van der Waals surface area (Å²) in [6.07, 6.45) is 0. The quantitative estimate of drug-likeness (QED) is 0.530. The van der Waals surface area contributed by atoms with Gasteiger partial charge in [0.15, 0.2) is 0 Å². The molecule has 1 atom stereocenters. The van der Waals surface area contributed by atoms with Gasteiger partial charge in [-0.25, -0.2) is 0 Å². The van der Waals surface area contributed by atoms with E-state index in [1.807, 2.05) is 0 Å². The molecule has 108 valence electrons. The molecule has 2 aliphatic rings. The van der Waals surface area contributed by atoms with Crippen LogP contribution < -0.4 is 5.32 Å². The summed E-state index contributed by atoms with van der Waals surface area (Å²) in [5.74, 6) is -0.260. The van der Waals surface area contributed by atoms with Gasteiger partial charge in [0.1, 0.15) is 0 Å². The van der Waals surface area contributed by atoms with Crippen molar-refractivity contribution >= 4 is 11.8 Å². The molecule has 1 unspecified atom stereocenters. The number of hydrogen-bond donors (Lipinski definition) is 1. The number of carbonyl (C=O) groups excluding carboxylic acids is 2. The van der Waals surface area contributed by atoms with Crippen molar-refractivity contribution in [3.05, 3.63) is 0 Å². The van der Waals surface area contributed by atoms with E-state index in [1.54, 1.807) is 9.80 Å². The van der Waals surface area contributed by atoms with Crippen LogP contribution in [0.25, 0.3) is 0 Å². The highest BCUT2D eigenvalue weighted by atomic mass is 16.5. The molecular formula is C13H23N3O3. The van der Waals surface area contributed by atoms with Gasteiger partial charge in [-0.15, -0.1) is 0 Å². The lowest BCUT2D eigenvalue weighted by Crippen LogP contribution is -2.65. The van der Waals surface area contributed by atoms with Gasteiger partial charge in [-0.2, -0.15) is 0 Å². The summed E-state index contributed by atoms with van der Waals surface area (Å²) in [5.41, 5.74) is 0. The van der Waals surface area contributed by atoms with Gasteiger partial charge in [0.2, 0.25) is 0 Å². The molecule has 2 amide bonds. The maximum atomic E-state index is 12.0. The first kappa shape index (κ1) is 14.3. The maximum absolute atomic E-state index is 12.0. The molecule has 0 aromatic rings. The Balaban J connectivity index is 1.84. The van der Waals surface area contributed by atoms with Crippen molar-refractivity contribution in [3.63, 3.8) is 0 Å². The Hall–Kier alpha value is -1.14. The third-order valence-corrected chi connectivity index (χ3v) is 3.47. The predicted molar refractivity (Wildman–Crippen MR) is 70.6 cm³/mol. The Morgan fingerprint density at radius 3 is 2.89 bits per heavy atom. The third-order valence-electron chi connectivity index (χ3n) is 3.47. The van der Waals surface area contributed by atoms with E-state index in [4.69, 9.17) is 4.74 Å². The molecule has 6 heteroatoms. The Morgan fingerprint density at radius 1 is 1.37 bits per heavy atom. The summed E-state index contributed by atoms with van der Waals surface area (Å²) >= 11 is 0. The van der Waals surface area contributed by atoms with Crippen LogP contribution in [-0.2, 0) is 14.3 Å². The van der Waals surface area contributed by atoms with Gasteiger partial charge in [0.05, 0.1) is 12.6 Å². The summed E-state index contributed by atoms with van der Waals surface area (Å²) in [4.78, 5) is 27.3. The van der Waals surface area contributed by atoms with Crippen LogP contribution in [0.3, 0.4) is 0 Å². The average Bonchev–Trinajstić information content (AvgIpc) is 2.40. The number of hydrogen-bond acceptors (Lipinski definition) is 4. The van der Waals surface area contributed by atoms with E-state index in [-0.39, 0.29) is 17.9 Å². The highest BCUT2D eigenvalue weighted by molar-refractivity contribution is 6.35. The molecule has 2 saturated heterocycles. The van der Waals surface area contributed by atoms with Crippen molar-refractivity contribution in [1.29, 1.82) is 0 Å². The van der Waals surface area contributed by atoms with Gasteiger partial charge in [0.25, 0.3) is 0 Å². The number of nitrogens with one attached hydrogen (secondary N) is 1. The van der Waals surface area contributed by atoms with E-state index >= 15 is 0 Å². The minimum atomic E-state index is -0.383. The normalized spacial score (nSPS) is 24.1. The van der Waals surface area contributed by atoms with Crippen LogP contribution in [0.15, 0.2) is 0 Å². The molecule has 0 aliphatic carbocycles. The molecule has 2 aliphatic heterocycles. The molecule has 0 spiro atoms. The second-order valence-electron chi connectivity index (χ2n) is 5.58. The second kappa shape index (κ2) is 6.34. The van der Waals surface area contributed by atoms with Gasteiger partial charge in [-0.05, 0) is 5.92 Å². The van der Waals surface area contributed by atoms with Crippen LogP contribution in [0.1, 0.15) is 13.8 Å². The van der Waals surface area contributed by atoms with E-state index in [2.05, 4.69) is 19.2 Å². The van der Waals surface area contributed by atoms with Gasteiger partial charge in [-0.1, -0.05) is 13.8 Å². The summed E-state index contributed by atoms with van der Waals surface area (Å²) in [7, 11) is 0. The van der Waals surface area contributed by atoms with Crippen molar-refractivity contribution in [2.24, 2.45) is 5.92 Å². The van der Waals surface area contributed by atoms with Crippen molar-refractivity contribution in [3.8, 4) is 0 Å². The van der Waals surface area contributed by atoms with E-state index < -0.39 is 0 Å². The van der Waals surface area contributed by atoms with Crippen LogP contribution >= 0.6 is 0 Å². The number of ether oxygens (including phenoxy) is 1. The number of fused-ring (bicyclic) bond motifs is 1. The zero-order chi connectivity index (χ0) is 13.8. The van der Waals surface area contributed by atoms with Crippen LogP contribution in [0.2, 0.25) is 0 Å². The lowest BCUT2D eigenvalue weighted by molar-refractivity contribution is -0.160. The van der Waals surface area contributed by atoms with Crippen molar-refractivity contribution in [1.82, 2.24) is 15.1 Å². The fraction of sp³-hybridized carbons (Fsp3) is 0.846. The smallest absolute Gasteiger partial charge is 0.312 e. The number of carbonyl (C=O) groups is 2. The van der Waals surface area contributed by atoms with Crippen molar-refractivity contribution in [2.75, 3.05) is 45.9 Å².